The number of esters is 2. The number of H-pyrrole nitrogens is 2. The molecule has 0 atom stereocenters. The topological polar surface area (TPSA) is 84.2 Å². The second kappa shape index (κ2) is 8.47. The molecule has 2 aromatic heterocycles. The third-order valence-corrected chi connectivity index (χ3v) is 6.14. The summed E-state index contributed by atoms with van der Waals surface area (Å²) >= 11 is 0. The zero-order valence-corrected chi connectivity index (χ0v) is 18.5. The van der Waals surface area contributed by atoms with E-state index in [2.05, 4.69) is 22.1 Å². The number of hydrogen-bond donors (Lipinski definition) is 2. The van der Waals surface area contributed by atoms with Gasteiger partial charge in [-0.05, 0) is 42.2 Å². The number of aromatic nitrogens is 2. The fraction of sp³-hybridized carbons (Fsp3) is 0.185. The average molecular weight is 440 g/mol. The summed E-state index contributed by atoms with van der Waals surface area (Å²) in [4.78, 5) is 31.8. The normalized spacial score (nSPS) is 11.3. The third kappa shape index (κ3) is 3.74. The molecule has 6 nitrogen and oxygen atoms in total. The maximum Gasteiger partial charge on any atom is 0.355 e. The van der Waals surface area contributed by atoms with Gasteiger partial charge < -0.3 is 19.4 Å². The van der Waals surface area contributed by atoms with Gasteiger partial charge in [-0.15, -0.1) is 0 Å². The van der Waals surface area contributed by atoms with E-state index in [1.54, 1.807) is 0 Å². The number of hydrogen-bond acceptors (Lipinski definition) is 4. The summed E-state index contributed by atoms with van der Waals surface area (Å²) in [6, 6.07) is 19.8. The van der Waals surface area contributed by atoms with Crippen molar-refractivity contribution in [3.63, 3.8) is 0 Å². The first kappa shape index (κ1) is 20.8. The Kier molecular flexibility index (Phi) is 5.34. The molecule has 0 aliphatic carbocycles. The number of benzene rings is 3. The highest BCUT2D eigenvalue weighted by Gasteiger charge is 2.23. The van der Waals surface area contributed by atoms with E-state index in [0.29, 0.717) is 12.1 Å². The van der Waals surface area contributed by atoms with E-state index < -0.39 is 5.97 Å². The van der Waals surface area contributed by atoms with Crippen molar-refractivity contribution < 1.29 is 19.1 Å². The molecule has 0 radical (unpaired) electrons. The van der Waals surface area contributed by atoms with Gasteiger partial charge in [-0.3, -0.25) is 4.79 Å². The summed E-state index contributed by atoms with van der Waals surface area (Å²) in [6.45, 7) is 2.21. The van der Waals surface area contributed by atoms with Gasteiger partial charge in [0.1, 0.15) is 12.3 Å². The maximum absolute atomic E-state index is 13.1. The van der Waals surface area contributed by atoms with Gasteiger partial charge in [-0.25, -0.2) is 4.79 Å². The second-order valence-corrected chi connectivity index (χ2v) is 8.13. The minimum atomic E-state index is -0.442. The summed E-state index contributed by atoms with van der Waals surface area (Å²) in [5.74, 6) is -0.764. The highest BCUT2D eigenvalue weighted by Crippen LogP contribution is 2.36. The van der Waals surface area contributed by atoms with Gasteiger partial charge in [0, 0.05) is 33.6 Å². The molecule has 2 N–H and O–H groups in total. The van der Waals surface area contributed by atoms with Gasteiger partial charge in [0.2, 0.25) is 0 Å². The molecule has 166 valence electrons. The number of carbonyl (C=O) groups is 2. The van der Waals surface area contributed by atoms with E-state index in [-0.39, 0.29) is 19.0 Å². The van der Waals surface area contributed by atoms with Gasteiger partial charge >= 0.3 is 11.9 Å². The molecule has 0 aliphatic heterocycles. The Balaban J connectivity index is 1.62. The Hall–Kier alpha value is -4.06. The molecule has 0 saturated heterocycles. The Labute approximate surface area is 190 Å². The number of carbonyl (C=O) groups excluding carboxylic acids is 2. The van der Waals surface area contributed by atoms with Crippen LogP contribution >= 0.6 is 0 Å². The third-order valence-electron chi connectivity index (χ3n) is 6.14. The summed E-state index contributed by atoms with van der Waals surface area (Å²) in [5, 5.41) is 3.14. The molecule has 5 aromatic rings. The molecular weight excluding hydrogens is 416 g/mol. The van der Waals surface area contributed by atoms with Crippen molar-refractivity contribution in [1.82, 2.24) is 9.97 Å². The van der Waals surface area contributed by atoms with Crippen LogP contribution in [0.5, 0.6) is 0 Å². The predicted octanol–water partition coefficient (Wildman–Crippen LogP) is 5.57. The largest absolute Gasteiger partial charge is 0.469 e. The first-order valence-corrected chi connectivity index (χ1v) is 10.9. The number of ether oxygens (including phenoxy) is 2. The number of methoxy groups -OCH3 is 1. The maximum atomic E-state index is 13.1. The van der Waals surface area contributed by atoms with Crippen molar-refractivity contribution in [2.24, 2.45) is 0 Å². The van der Waals surface area contributed by atoms with Gasteiger partial charge in [-0.1, -0.05) is 48.5 Å². The van der Waals surface area contributed by atoms with Crippen LogP contribution in [0.2, 0.25) is 0 Å². The first-order valence-electron chi connectivity index (χ1n) is 10.9. The molecule has 5 rings (SSSR count). The van der Waals surface area contributed by atoms with E-state index >= 15 is 0 Å². The van der Waals surface area contributed by atoms with Crippen molar-refractivity contribution in [2.75, 3.05) is 7.11 Å². The Bertz CT molecular complexity index is 1490. The van der Waals surface area contributed by atoms with Crippen LogP contribution in [0.3, 0.4) is 0 Å². The van der Waals surface area contributed by atoms with E-state index in [1.165, 1.54) is 7.11 Å². The first-order chi connectivity index (χ1) is 16.1. The summed E-state index contributed by atoms with van der Waals surface area (Å²) in [7, 11) is 1.37. The van der Waals surface area contributed by atoms with Gasteiger partial charge in [0.15, 0.2) is 0 Å². The lowest BCUT2D eigenvalue weighted by Crippen LogP contribution is -2.10. The Morgan fingerprint density at radius 2 is 1.67 bits per heavy atom. The number of rotatable bonds is 6. The summed E-state index contributed by atoms with van der Waals surface area (Å²) in [5.41, 5.74) is 6.01. The van der Waals surface area contributed by atoms with Crippen molar-refractivity contribution in [3.05, 3.63) is 83.0 Å². The molecule has 2 heterocycles. The van der Waals surface area contributed by atoms with Gasteiger partial charge in [0.05, 0.1) is 12.6 Å². The van der Waals surface area contributed by atoms with E-state index in [4.69, 9.17) is 9.47 Å². The fourth-order valence-corrected chi connectivity index (χ4v) is 4.52. The molecule has 0 saturated carbocycles. The molecule has 0 bridgehead atoms. The highest BCUT2D eigenvalue weighted by atomic mass is 16.5. The lowest BCUT2D eigenvalue weighted by molar-refractivity contribution is -0.140. The molecule has 0 amide bonds. The molecule has 3 aromatic carbocycles. The van der Waals surface area contributed by atoms with E-state index in [1.807, 2.05) is 55.5 Å². The van der Waals surface area contributed by atoms with Crippen LogP contribution < -0.4 is 0 Å². The van der Waals surface area contributed by atoms with E-state index in [0.717, 1.165) is 49.4 Å². The van der Waals surface area contributed by atoms with Crippen molar-refractivity contribution >= 4 is 44.6 Å². The second-order valence-electron chi connectivity index (χ2n) is 8.13. The van der Waals surface area contributed by atoms with Crippen molar-refractivity contribution in [2.45, 2.75) is 26.4 Å². The number of aryl methyl sites for hydroxylation is 2. The van der Waals surface area contributed by atoms with Crippen LogP contribution in [0, 0.1) is 6.92 Å². The number of fused-ring (bicyclic) bond motifs is 4. The zero-order valence-electron chi connectivity index (χ0n) is 18.5. The molecule has 0 fully saturated rings. The predicted molar refractivity (Wildman–Crippen MR) is 128 cm³/mol. The Morgan fingerprint density at radius 1 is 0.909 bits per heavy atom. The van der Waals surface area contributed by atoms with Crippen LogP contribution in [-0.2, 0) is 27.3 Å². The quantitative estimate of drug-likeness (QED) is 0.338. The molecule has 0 unspecified atom stereocenters. The minimum absolute atomic E-state index is 0.173. The summed E-state index contributed by atoms with van der Waals surface area (Å²) in [6.07, 6.45) is 0.543. The van der Waals surface area contributed by atoms with Crippen LogP contribution in [0.25, 0.3) is 32.7 Å². The molecule has 6 heteroatoms. The smallest absolute Gasteiger partial charge is 0.355 e. The van der Waals surface area contributed by atoms with Crippen LogP contribution in [0.1, 0.15) is 33.6 Å². The zero-order chi connectivity index (χ0) is 22.9. The van der Waals surface area contributed by atoms with E-state index in [9.17, 15) is 9.59 Å². The number of aromatic amines is 2. The SMILES string of the molecule is COC(=O)CCc1c(C(=O)OCc2ccccc2)[nH]c2cc3c([nH]c4ccccc43)c(C)c12. The van der Waals surface area contributed by atoms with Crippen LogP contribution in [0.15, 0.2) is 60.7 Å². The lowest BCUT2D eigenvalue weighted by Gasteiger charge is -2.07. The standard InChI is InChI=1S/C27H24N2O4/c1-16-24-19(12-13-23(30)32-2)26(27(31)33-15-17-8-4-3-5-9-17)29-22(24)14-20-18-10-6-7-11-21(18)28-25(16)20/h3-11,14,28-29H,12-13,15H2,1-2H3. The highest BCUT2D eigenvalue weighted by molar-refractivity contribution is 6.15. The Morgan fingerprint density at radius 3 is 2.45 bits per heavy atom. The monoisotopic (exact) mass is 440 g/mol. The molecule has 0 spiro atoms. The van der Waals surface area contributed by atoms with Gasteiger partial charge in [0.25, 0.3) is 0 Å². The average Bonchev–Trinajstić information content (AvgIpc) is 3.41. The van der Waals surface area contributed by atoms with Gasteiger partial charge in [-0.2, -0.15) is 0 Å². The molecular formula is C27H24N2O4. The fourth-order valence-electron chi connectivity index (χ4n) is 4.52. The van der Waals surface area contributed by atoms with Crippen molar-refractivity contribution in [3.8, 4) is 0 Å². The van der Waals surface area contributed by atoms with Crippen LogP contribution in [-0.4, -0.2) is 29.0 Å². The molecule has 0 aliphatic rings. The minimum Gasteiger partial charge on any atom is -0.469 e. The summed E-state index contributed by atoms with van der Waals surface area (Å²) < 4.78 is 10.4. The number of para-hydroxylation sites is 1. The number of nitrogens with one attached hydrogen (secondary N) is 2. The van der Waals surface area contributed by atoms with Crippen LogP contribution in [0.4, 0.5) is 0 Å². The molecule has 33 heavy (non-hydrogen) atoms. The lowest BCUT2D eigenvalue weighted by atomic mass is 9.99. The van der Waals surface area contributed by atoms with Crippen molar-refractivity contribution in [1.29, 1.82) is 0 Å².